The summed E-state index contributed by atoms with van der Waals surface area (Å²) in [5.74, 6) is 0.926. The van der Waals surface area contributed by atoms with E-state index in [1.165, 1.54) is 11.5 Å². The predicted molar refractivity (Wildman–Crippen MR) is 157 cm³/mol. The number of oxazole rings is 1. The van der Waals surface area contributed by atoms with Crippen molar-refractivity contribution in [2.75, 3.05) is 20.0 Å². The third kappa shape index (κ3) is 6.18. The van der Waals surface area contributed by atoms with Crippen molar-refractivity contribution in [3.63, 3.8) is 0 Å². The normalized spacial score (nSPS) is 11.8. The summed E-state index contributed by atoms with van der Waals surface area (Å²) in [5.41, 5.74) is 2.76. The SMILES string of the molecule is COCCc1nc(-c2cc(-c3cccc(SC)c3)ccc2-n2cc(C(F)(F)F)nc2C)c(-c2ccc(Cl)cc2Cl)o1. The molecule has 0 saturated heterocycles. The van der Waals surface area contributed by atoms with Crippen molar-refractivity contribution in [1.29, 1.82) is 0 Å². The second-order valence-corrected chi connectivity index (χ2v) is 10.9. The van der Waals surface area contributed by atoms with Crippen molar-refractivity contribution in [2.45, 2.75) is 24.4 Å². The number of alkyl halides is 3. The van der Waals surface area contributed by atoms with Crippen LogP contribution in [0.5, 0.6) is 0 Å². The quantitative estimate of drug-likeness (QED) is 0.162. The van der Waals surface area contributed by atoms with Gasteiger partial charge < -0.3 is 13.7 Å². The van der Waals surface area contributed by atoms with Crippen LogP contribution in [0.2, 0.25) is 10.0 Å². The molecule has 0 radical (unpaired) electrons. The number of rotatable bonds is 8. The van der Waals surface area contributed by atoms with Gasteiger partial charge in [-0.15, -0.1) is 11.8 Å². The highest BCUT2D eigenvalue weighted by Crippen LogP contribution is 2.42. The standard InChI is InChI=1S/C30H24Cl2F3N3O2S/c1-17-36-26(30(33,34)35)16-38(17)25-10-7-19(18-5-4-6-21(13-18)41-3)14-23(25)28-29(40-27(37-28)11-12-39-2)22-9-8-20(31)15-24(22)32/h4-10,13-16H,11-12H2,1-3H3. The first-order chi connectivity index (χ1) is 19.6. The molecule has 0 amide bonds. The van der Waals surface area contributed by atoms with Crippen LogP contribution in [0, 0.1) is 6.92 Å². The minimum Gasteiger partial charge on any atom is -0.440 e. The monoisotopic (exact) mass is 617 g/mol. The van der Waals surface area contributed by atoms with Crippen LogP contribution < -0.4 is 0 Å². The summed E-state index contributed by atoms with van der Waals surface area (Å²) in [4.78, 5) is 9.66. The third-order valence-corrected chi connectivity index (χ3v) is 7.73. The van der Waals surface area contributed by atoms with Crippen molar-refractivity contribution < 1.29 is 22.3 Å². The van der Waals surface area contributed by atoms with Gasteiger partial charge in [0.05, 0.1) is 17.3 Å². The van der Waals surface area contributed by atoms with E-state index in [9.17, 15) is 13.2 Å². The first-order valence-electron chi connectivity index (χ1n) is 12.5. The minimum absolute atomic E-state index is 0.171. The average molecular weight is 619 g/mol. The highest BCUT2D eigenvalue weighted by atomic mass is 35.5. The van der Waals surface area contributed by atoms with Crippen LogP contribution in [0.25, 0.3) is 39.4 Å². The molecule has 0 unspecified atom stereocenters. The van der Waals surface area contributed by atoms with Gasteiger partial charge in [0.2, 0.25) is 0 Å². The molecule has 5 nitrogen and oxygen atoms in total. The zero-order valence-electron chi connectivity index (χ0n) is 22.2. The van der Waals surface area contributed by atoms with Gasteiger partial charge in [0, 0.05) is 40.8 Å². The maximum atomic E-state index is 13.6. The Bertz CT molecular complexity index is 1720. The fourth-order valence-electron chi connectivity index (χ4n) is 4.47. The summed E-state index contributed by atoms with van der Waals surface area (Å²) in [5, 5.41) is 0.793. The second kappa shape index (κ2) is 11.9. The van der Waals surface area contributed by atoms with Crippen molar-refractivity contribution in [3.05, 3.63) is 94.3 Å². The lowest BCUT2D eigenvalue weighted by Crippen LogP contribution is -2.05. The van der Waals surface area contributed by atoms with Gasteiger partial charge in [-0.1, -0.05) is 41.4 Å². The van der Waals surface area contributed by atoms with Gasteiger partial charge in [0.25, 0.3) is 0 Å². The first kappa shape index (κ1) is 29.3. The van der Waals surface area contributed by atoms with Crippen molar-refractivity contribution in [2.24, 2.45) is 0 Å². The number of ether oxygens (including phenoxy) is 1. The Labute approximate surface area is 249 Å². The molecule has 0 aliphatic rings. The molecule has 0 aliphatic heterocycles. The number of aromatic nitrogens is 3. The van der Waals surface area contributed by atoms with Crippen LogP contribution in [-0.2, 0) is 17.3 Å². The Balaban J connectivity index is 1.79. The summed E-state index contributed by atoms with van der Waals surface area (Å²) >= 11 is 14.4. The topological polar surface area (TPSA) is 53.1 Å². The Morgan fingerprint density at radius 2 is 1.76 bits per heavy atom. The first-order valence-corrected chi connectivity index (χ1v) is 14.4. The van der Waals surface area contributed by atoms with E-state index in [0.29, 0.717) is 57.2 Å². The number of benzene rings is 3. The van der Waals surface area contributed by atoms with Crippen LogP contribution in [0.4, 0.5) is 13.2 Å². The Kier molecular flexibility index (Phi) is 8.52. The molecule has 2 heterocycles. The largest absolute Gasteiger partial charge is 0.440 e. The average Bonchev–Trinajstić information content (AvgIpc) is 3.55. The van der Waals surface area contributed by atoms with E-state index in [2.05, 4.69) is 11.1 Å². The summed E-state index contributed by atoms with van der Waals surface area (Å²) < 4.78 is 53.7. The van der Waals surface area contributed by atoms with E-state index in [1.807, 2.05) is 36.6 Å². The molecule has 5 aromatic rings. The number of methoxy groups -OCH3 is 1. The molecule has 0 bridgehead atoms. The summed E-state index contributed by atoms with van der Waals surface area (Å²) in [6.45, 7) is 1.89. The molecule has 5 rings (SSSR count). The zero-order chi connectivity index (χ0) is 29.3. The molecule has 0 fully saturated rings. The molecule has 212 valence electrons. The van der Waals surface area contributed by atoms with Gasteiger partial charge in [-0.25, -0.2) is 9.97 Å². The maximum absolute atomic E-state index is 13.6. The van der Waals surface area contributed by atoms with E-state index >= 15 is 0 Å². The number of halogens is 5. The lowest BCUT2D eigenvalue weighted by molar-refractivity contribution is -0.141. The highest BCUT2D eigenvalue weighted by molar-refractivity contribution is 7.98. The molecule has 0 saturated carbocycles. The molecule has 11 heteroatoms. The Morgan fingerprint density at radius 1 is 0.976 bits per heavy atom. The lowest BCUT2D eigenvalue weighted by Gasteiger charge is -2.14. The molecule has 41 heavy (non-hydrogen) atoms. The number of nitrogens with zero attached hydrogens (tertiary/aromatic N) is 3. The van der Waals surface area contributed by atoms with Gasteiger partial charge >= 0.3 is 6.18 Å². The van der Waals surface area contributed by atoms with Crippen LogP contribution in [0.3, 0.4) is 0 Å². The maximum Gasteiger partial charge on any atom is 0.434 e. The molecule has 0 atom stereocenters. The number of hydrogen-bond acceptors (Lipinski definition) is 5. The van der Waals surface area contributed by atoms with Gasteiger partial charge in [-0.3, -0.25) is 0 Å². The van der Waals surface area contributed by atoms with Gasteiger partial charge in [0.1, 0.15) is 11.5 Å². The van der Waals surface area contributed by atoms with Gasteiger partial charge in [-0.05, 0) is 66.8 Å². The molecule has 3 aromatic carbocycles. The summed E-state index contributed by atoms with van der Waals surface area (Å²) in [6.07, 6.45) is -1.24. The lowest BCUT2D eigenvalue weighted by atomic mass is 9.98. The van der Waals surface area contributed by atoms with Crippen LogP contribution in [0.1, 0.15) is 17.4 Å². The number of imidazole rings is 1. The van der Waals surface area contributed by atoms with Crippen molar-refractivity contribution in [1.82, 2.24) is 14.5 Å². The minimum atomic E-state index is -4.60. The highest BCUT2D eigenvalue weighted by Gasteiger charge is 2.35. The van der Waals surface area contributed by atoms with Crippen molar-refractivity contribution in [3.8, 4) is 39.4 Å². The van der Waals surface area contributed by atoms with E-state index in [1.54, 1.807) is 43.1 Å². The summed E-state index contributed by atoms with van der Waals surface area (Å²) in [6, 6.07) is 18.5. The zero-order valence-corrected chi connectivity index (χ0v) is 24.5. The van der Waals surface area contributed by atoms with Gasteiger partial charge in [0.15, 0.2) is 17.3 Å². The molecule has 0 N–H and O–H groups in total. The molecule has 2 aromatic heterocycles. The fourth-order valence-corrected chi connectivity index (χ4v) is 5.42. The fraction of sp³-hybridized carbons (Fsp3) is 0.200. The van der Waals surface area contributed by atoms with Gasteiger partial charge in [-0.2, -0.15) is 13.2 Å². The van der Waals surface area contributed by atoms with E-state index in [4.69, 9.17) is 37.3 Å². The van der Waals surface area contributed by atoms with E-state index in [-0.39, 0.29) is 5.82 Å². The Morgan fingerprint density at radius 3 is 2.44 bits per heavy atom. The van der Waals surface area contributed by atoms with Crippen LogP contribution in [-0.4, -0.2) is 34.5 Å². The number of aryl methyl sites for hydroxylation is 1. The van der Waals surface area contributed by atoms with Crippen molar-refractivity contribution >= 4 is 35.0 Å². The second-order valence-electron chi connectivity index (χ2n) is 9.16. The molecule has 0 aliphatic carbocycles. The number of thioether (sulfide) groups is 1. The molecular weight excluding hydrogens is 594 g/mol. The van der Waals surface area contributed by atoms with Crippen LogP contribution in [0.15, 0.2) is 76.2 Å². The number of hydrogen-bond donors (Lipinski definition) is 0. The third-order valence-electron chi connectivity index (χ3n) is 6.45. The smallest absolute Gasteiger partial charge is 0.434 e. The van der Waals surface area contributed by atoms with Crippen LogP contribution >= 0.6 is 35.0 Å². The van der Waals surface area contributed by atoms with E-state index in [0.717, 1.165) is 22.2 Å². The molecule has 0 spiro atoms. The summed E-state index contributed by atoms with van der Waals surface area (Å²) in [7, 11) is 1.57. The van der Waals surface area contributed by atoms with E-state index < -0.39 is 11.9 Å². The predicted octanol–water partition coefficient (Wildman–Crippen LogP) is 9.41. The Hall–Kier alpha value is -3.24. The molecular formula is C30H24Cl2F3N3O2S.